The molecule has 1 aromatic carbocycles. The molecule has 1 N–H and O–H groups in total. The van der Waals surface area contributed by atoms with E-state index in [-0.39, 0.29) is 6.04 Å². The molecule has 1 aliphatic heterocycles. The normalized spacial score (nSPS) is 26.5. The zero-order chi connectivity index (χ0) is 12.0. The van der Waals surface area contributed by atoms with Gasteiger partial charge in [0, 0.05) is 11.1 Å². The van der Waals surface area contributed by atoms with E-state index in [9.17, 15) is 9.90 Å². The average Bonchev–Trinajstić information content (AvgIpc) is 2.72. The second-order valence-electron chi connectivity index (χ2n) is 4.89. The van der Waals surface area contributed by atoms with Gasteiger partial charge < -0.3 is 5.11 Å². The summed E-state index contributed by atoms with van der Waals surface area (Å²) in [7, 11) is 0. The molecule has 90 valence electrons. The fourth-order valence-corrected chi connectivity index (χ4v) is 3.40. The predicted molar refractivity (Wildman–Crippen MR) is 66.8 cm³/mol. The zero-order valence-electron chi connectivity index (χ0n) is 9.40. The van der Waals surface area contributed by atoms with Gasteiger partial charge in [-0.3, -0.25) is 4.90 Å². The predicted octanol–water partition coefficient (Wildman–Crippen LogP) is 3.55. The van der Waals surface area contributed by atoms with Crippen molar-refractivity contribution < 1.29 is 9.90 Å². The van der Waals surface area contributed by atoms with E-state index in [0.717, 1.165) is 36.9 Å². The van der Waals surface area contributed by atoms with Crippen LogP contribution in [0.3, 0.4) is 0 Å². The van der Waals surface area contributed by atoms with E-state index in [0.29, 0.717) is 10.9 Å². The highest BCUT2D eigenvalue weighted by molar-refractivity contribution is 6.31. The van der Waals surface area contributed by atoms with E-state index in [1.807, 2.05) is 12.1 Å². The molecule has 4 heteroatoms. The third-order valence-electron chi connectivity index (χ3n) is 3.95. The van der Waals surface area contributed by atoms with Crippen LogP contribution in [0.1, 0.15) is 24.8 Å². The number of benzene rings is 1. The number of amides is 1. The highest BCUT2D eigenvalue weighted by Crippen LogP contribution is 2.42. The maximum atomic E-state index is 11.5. The van der Waals surface area contributed by atoms with Crippen LogP contribution in [-0.2, 0) is 6.42 Å². The van der Waals surface area contributed by atoms with Gasteiger partial charge >= 0.3 is 6.09 Å². The van der Waals surface area contributed by atoms with E-state index in [4.69, 9.17) is 11.6 Å². The molecule has 2 aliphatic rings. The molecule has 1 aromatic rings. The highest BCUT2D eigenvalue weighted by atomic mass is 35.5. The second-order valence-corrected chi connectivity index (χ2v) is 5.32. The van der Waals surface area contributed by atoms with Gasteiger partial charge in [-0.25, -0.2) is 4.79 Å². The van der Waals surface area contributed by atoms with Gasteiger partial charge in [-0.2, -0.15) is 0 Å². The summed E-state index contributed by atoms with van der Waals surface area (Å²) in [5, 5.41) is 10.0. The molecule has 1 aliphatic carbocycles. The van der Waals surface area contributed by atoms with Crippen LogP contribution in [0.15, 0.2) is 18.2 Å². The van der Waals surface area contributed by atoms with Crippen LogP contribution >= 0.6 is 11.6 Å². The number of hydrogen-bond acceptors (Lipinski definition) is 1. The second kappa shape index (κ2) is 3.91. The minimum Gasteiger partial charge on any atom is -0.465 e. The maximum Gasteiger partial charge on any atom is 0.412 e. The lowest BCUT2D eigenvalue weighted by atomic mass is 9.88. The first-order chi connectivity index (χ1) is 8.16. The third kappa shape index (κ3) is 1.69. The Bertz CT molecular complexity index is 474. The molecule has 0 saturated heterocycles. The number of rotatable bonds is 0. The number of fused-ring (bicyclic) bond motifs is 2. The smallest absolute Gasteiger partial charge is 0.412 e. The summed E-state index contributed by atoms with van der Waals surface area (Å²) in [4.78, 5) is 13.0. The molecular weight excluding hydrogens is 238 g/mol. The molecule has 1 saturated carbocycles. The Balaban J connectivity index is 2.10. The molecule has 0 radical (unpaired) electrons. The summed E-state index contributed by atoms with van der Waals surface area (Å²) in [6, 6.07) is 5.73. The summed E-state index contributed by atoms with van der Waals surface area (Å²) in [6.45, 7) is 0. The van der Waals surface area contributed by atoms with Gasteiger partial charge in [-0.1, -0.05) is 24.1 Å². The Kier molecular flexibility index (Phi) is 2.51. The lowest BCUT2D eigenvalue weighted by Gasteiger charge is -2.37. The number of anilines is 1. The molecule has 0 aromatic heterocycles. The standard InChI is InChI=1S/C13H14ClNO2/c14-10-5-4-9-6-8-2-1-3-11(8)15(13(16)17)12(9)7-10/h4-5,7-8,11H,1-3,6H2,(H,16,17). The molecule has 0 bridgehead atoms. The average molecular weight is 252 g/mol. The van der Waals surface area contributed by atoms with E-state index >= 15 is 0 Å². The summed E-state index contributed by atoms with van der Waals surface area (Å²) in [5.41, 5.74) is 1.90. The molecule has 1 heterocycles. The molecule has 17 heavy (non-hydrogen) atoms. The summed E-state index contributed by atoms with van der Waals surface area (Å²) >= 11 is 5.97. The Morgan fingerprint density at radius 3 is 3.00 bits per heavy atom. The molecule has 2 atom stereocenters. The summed E-state index contributed by atoms with van der Waals surface area (Å²) in [6.07, 6.45) is 3.37. The van der Waals surface area contributed by atoms with Crippen LogP contribution in [0.4, 0.5) is 10.5 Å². The van der Waals surface area contributed by atoms with Crippen LogP contribution in [0.2, 0.25) is 5.02 Å². The SMILES string of the molecule is O=C(O)N1c2cc(Cl)ccc2CC2CCCC21. The monoisotopic (exact) mass is 251 g/mol. The van der Waals surface area contributed by atoms with Gasteiger partial charge in [0.1, 0.15) is 0 Å². The Hall–Kier alpha value is -1.22. The topological polar surface area (TPSA) is 40.5 Å². The van der Waals surface area contributed by atoms with Gasteiger partial charge in [0.15, 0.2) is 0 Å². The lowest BCUT2D eigenvalue weighted by Crippen LogP contribution is -2.45. The first-order valence-corrected chi connectivity index (χ1v) is 6.35. The molecule has 3 nitrogen and oxygen atoms in total. The summed E-state index contributed by atoms with van der Waals surface area (Å²) < 4.78 is 0. The molecule has 2 unspecified atom stereocenters. The Morgan fingerprint density at radius 2 is 2.24 bits per heavy atom. The third-order valence-corrected chi connectivity index (χ3v) is 4.18. The van der Waals surface area contributed by atoms with E-state index in [2.05, 4.69) is 0 Å². The van der Waals surface area contributed by atoms with Crippen molar-refractivity contribution in [3.63, 3.8) is 0 Å². The van der Waals surface area contributed by atoms with E-state index < -0.39 is 6.09 Å². The quantitative estimate of drug-likeness (QED) is 0.766. The van der Waals surface area contributed by atoms with Crippen molar-refractivity contribution in [3.05, 3.63) is 28.8 Å². The van der Waals surface area contributed by atoms with Crippen LogP contribution in [0.5, 0.6) is 0 Å². The van der Waals surface area contributed by atoms with Gasteiger partial charge in [0.25, 0.3) is 0 Å². The fraction of sp³-hybridized carbons (Fsp3) is 0.462. The zero-order valence-corrected chi connectivity index (χ0v) is 10.2. The van der Waals surface area contributed by atoms with Crippen molar-refractivity contribution in [2.45, 2.75) is 31.7 Å². The molecular formula is C13H14ClNO2. The van der Waals surface area contributed by atoms with Crippen molar-refractivity contribution in [3.8, 4) is 0 Å². The molecule has 3 rings (SSSR count). The number of nitrogens with zero attached hydrogens (tertiary/aromatic N) is 1. The van der Waals surface area contributed by atoms with Gasteiger partial charge in [0.05, 0.1) is 5.69 Å². The highest BCUT2D eigenvalue weighted by Gasteiger charge is 2.40. The van der Waals surface area contributed by atoms with Crippen molar-refractivity contribution in [2.75, 3.05) is 4.90 Å². The lowest BCUT2D eigenvalue weighted by molar-refractivity contribution is 0.195. The van der Waals surface area contributed by atoms with Crippen LogP contribution in [0.25, 0.3) is 0 Å². The number of carboxylic acid groups (broad SMARTS) is 1. The molecule has 1 amide bonds. The minimum atomic E-state index is -0.856. The van der Waals surface area contributed by atoms with Crippen LogP contribution in [-0.4, -0.2) is 17.2 Å². The fourth-order valence-electron chi connectivity index (χ4n) is 3.24. The van der Waals surface area contributed by atoms with Crippen molar-refractivity contribution in [1.29, 1.82) is 0 Å². The van der Waals surface area contributed by atoms with E-state index in [1.54, 1.807) is 6.07 Å². The number of hydrogen-bond donors (Lipinski definition) is 1. The largest absolute Gasteiger partial charge is 0.465 e. The number of halogens is 1. The van der Waals surface area contributed by atoms with Gasteiger partial charge in [-0.15, -0.1) is 0 Å². The first-order valence-electron chi connectivity index (χ1n) is 5.97. The van der Waals surface area contributed by atoms with E-state index in [1.165, 1.54) is 4.90 Å². The maximum absolute atomic E-state index is 11.5. The molecule has 1 fully saturated rings. The van der Waals surface area contributed by atoms with Crippen molar-refractivity contribution in [1.82, 2.24) is 0 Å². The minimum absolute atomic E-state index is 0.151. The molecule has 0 spiro atoms. The van der Waals surface area contributed by atoms with Gasteiger partial charge in [-0.05, 0) is 42.9 Å². The van der Waals surface area contributed by atoms with Crippen LogP contribution in [0, 0.1) is 5.92 Å². The Labute approximate surface area is 105 Å². The van der Waals surface area contributed by atoms with Crippen LogP contribution < -0.4 is 4.90 Å². The van der Waals surface area contributed by atoms with Crippen molar-refractivity contribution >= 4 is 23.4 Å². The Morgan fingerprint density at radius 1 is 1.41 bits per heavy atom. The summed E-state index contributed by atoms with van der Waals surface area (Å²) in [5.74, 6) is 0.486. The first kappa shape index (κ1) is 10.9. The number of carbonyl (C=O) groups is 1. The van der Waals surface area contributed by atoms with Crippen molar-refractivity contribution in [2.24, 2.45) is 5.92 Å². The van der Waals surface area contributed by atoms with Gasteiger partial charge in [0.2, 0.25) is 0 Å².